The Balaban J connectivity index is 2.01. The van der Waals surface area contributed by atoms with Gasteiger partial charge in [-0.15, -0.1) is 0 Å². The highest BCUT2D eigenvalue weighted by Gasteiger charge is 2.15. The van der Waals surface area contributed by atoms with Gasteiger partial charge in [-0.3, -0.25) is 9.59 Å². The van der Waals surface area contributed by atoms with Crippen LogP contribution in [0.1, 0.15) is 18.9 Å². The third-order valence-electron chi connectivity index (χ3n) is 3.81. The number of ether oxygens (including phenoxy) is 1. The van der Waals surface area contributed by atoms with Crippen LogP contribution < -0.4 is 10.1 Å². The van der Waals surface area contributed by atoms with E-state index in [0.717, 1.165) is 12.0 Å². The Morgan fingerprint density at radius 2 is 1.85 bits per heavy atom. The zero-order valence-corrected chi connectivity index (χ0v) is 16.2. The van der Waals surface area contributed by atoms with Crippen LogP contribution in [0.5, 0.6) is 5.75 Å². The molecular weight excluding hydrogens is 364 g/mol. The molecule has 2 amide bonds. The highest BCUT2D eigenvalue weighted by molar-refractivity contribution is 6.30. The first kappa shape index (κ1) is 20.5. The van der Waals surface area contributed by atoms with E-state index in [-0.39, 0.29) is 18.4 Å². The van der Waals surface area contributed by atoms with E-state index in [1.807, 2.05) is 31.2 Å². The highest BCUT2D eigenvalue weighted by atomic mass is 35.5. The molecule has 0 atom stereocenters. The summed E-state index contributed by atoms with van der Waals surface area (Å²) < 4.78 is 5.23. The number of rotatable bonds is 8. The summed E-state index contributed by atoms with van der Waals surface area (Å²) in [5, 5.41) is 3.43. The van der Waals surface area contributed by atoms with Gasteiger partial charge in [0.05, 0.1) is 12.8 Å². The van der Waals surface area contributed by atoms with Crippen LogP contribution in [0.25, 0.3) is 6.08 Å². The van der Waals surface area contributed by atoms with E-state index in [1.165, 1.54) is 11.0 Å². The van der Waals surface area contributed by atoms with Crippen molar-refractivity contribution in [2.45, 2.75) is 13.3 Å². The van der Waals surface area contributed by atoms with E-state index in [2.05, 4.69) is 5.32 Å². The molecule has 0 saturated heterocycles. The maximum absolute atomic E-state index is 12.5. The van der Waals surface area contributed by atoms with E-state index in [4.69, 9.17) is 16.3 Å². The number of hydrogen-bond donors (Lipinski definition) is 1. The predicted octanol–water partition coefficient (Wildman–Crippen LogP) is 4.24. The molecule has 2 aromatic rings. The number of methoxy groups -OCH3 is 1. The SMILES string of the molecule is CCCN(CC(=O)Nc1ccccc1OC)C(=O)/C=C/c1ccc(Cl)cc1. The fraction of sp³-hybridized carbons (Fsp3) is 0.238. The minimum absolute atomic E-state index is 0.0321. The molecule has 5 nitrogen and oxygen atoms in total. The van der Waals surface area contributed by atoms with Crippen LogP contribution in [0.15, 0.2) is 54.6 Å². The molecule has 1 N–H and O–H groups in total. The summed E-state index contributed by atoms with van der Waals surface area (Å²) in [6.07, 6.45) is 3.93. The summed E-state index contributed by atoms with van der Waals surface area (Å²) in [5.41, 5.74) is 1.44. The van der Waals surface area contributed by atoms with E-state index >= 15 is 0 Å². The highest BCUT2D eigenvalue weighted by Crippen LogP contribution is 2.22. The van der Waals surface area contributed by atoms with Crippen molar-refractivity contribution in [1.29, 1.82) is 0 Å². The first-order valence-electron chi connectivity index (χ1n) is 8.69. The van der Waals surface area contributed by atoms with Gasteiger partial charge in [-0.05, 0) is 42.3 Å². The Labute approximate surface area is 164 Å². The molecule has 0 spiro atoms. The molecule has 0 aromatic heterocycles. The molecule has 0 fully saturated rings. The van der Waals surface area contributed by atoms with E-state index in [1.54, 1.807) is 37.5 Å². The Hall–Kier alpha value is -2.79. The van der Waals surface area contributed by atoms with Crippen molar-refractivity contribution < 1.29 is 14.3 Å². The molecule has 0 heterocycles. The number of amides is 2. The van der Waals surface area contributed by atoms with Crippen molar-refractivity contribution >= 4 is 35.2 Å². The van der Waals surface area contributed by atoms with Crippen molar-refractivity contribution in [1.82, 2.24) is 4.90 Å². The van der Waals surface area contributed by atoms with Crippen LogP contribution >= 0.6 is 11.6 Å². The van der Waals surface area contributed by atoms with E-state index in [9.17, 15) is 9.59 Å². The van der Waals surface area contributed by atoms with Gasteiger partial charge in [-0.25, -0.2) is 0 Å². The van der Waals surface area contributed by atoms with Gasteiger partial charge >= 0.3 is 0 Å². The standard InChI is InChI=1S/C21H23ClN2O3/c1-3-14-24(21(26)13-10-16-8-11-17(22)12-9-16)15-20(25)23-18-6-4-5-7-19(18)27-2/h4-13H,3,14-15H2,1-2H3,(H,23,25)/b13-10+. The zero-order chi connectivity index (χ0) is 19.6. The number of halogens is 1. The lowest BCUT2D eigenvalue weighted by Gasteiger charge is -2.20. The molecule has 2 rings (SSSR count). The predicted molar refractivity (Wildman–Crippen MR) is 109 cm³/mol. The first-order chi connectivity index (χ1) is 13.0. The lowest BCUT2D eigenvalue weighted by Crippen LogP contribution is -2.37. The zero-order valence-electron chi connectivity index (χ0n) is 15.4. The minimum Gasteiger partial charge on any atom is -0.495 e. The normalized spacial score (nSPS) is 10.6. The average Bonchev–Trinajstić information content (AvgIpc) is 2.67. The van der Waals surface area contributed by atoms with Gasteiger partial charge in [0.25, 0.3) is 0 Å². The number of nitrogens with zero attached hydrogens (tertiary/aromatic N) is 1. The van der Waals surface area contributed by atoms with Crippen LogP contribution in [-0.2, 0) is 9.59 Å². The quantitative estimate of drug-likeness (QED) is 0.690. The molecule has 0 saturated carbocycles. The Morgan fingerprint density at radius 1 is 1.15 bits per heavy atom. The maximum atomic E-state index is 12.5. The minimum atomic E-state index is -0.277. The van der Waals surface area contributed by atoms with E-state index < -0.39 is 0 Å². The average molecular weight is 387 g/mol. The molecule has 142 valence electrons. The van der Waals surface area contributed by atoms with Gasteiger partial charge < -0.3 is 15.0 Å². The van der Waals surface area contributed by atoms with Gasteiger partial charge in [0, 0.05) is 17.6 Å². The lowest BCUT2D eigenvalue weighted by atomic mass is 10.2. The van der Waals surface area contributed by atoms with Crippen molar-refractivity contribution in [2.24, 2.45) is 0 Å². The molecule has 0 aliphatic carbocycles. The third-order valence-corrected chi connectivity index (χ3v) is 4.06. The number of anilines is 1. The van der Waals surface area contributed by atoms with Gasteiger partial charge in [0.2, 0.25) is 11.8 Å². The Kier molecular flexibility index (Phi) is 7.89. The number of carbonyl (C=O) groups excluding carboxylic acids is 2. The molecule has 27 heavy (non-hydrogen) atoms. The van der Waals surface area contributed by atoms with E-state index in [0.29, 0.717) is 23.0 Å². The molecule has 0 bridgehead atoms. The molecular formula is C21H23ClN2O3. The topological polar surface area (TPSA) is 58.6 Å². The van der Waals surface area contributed by atoms with Crippen LogP contribution in [0.4, 0.5) is 5.69 Å². The van der Waals surface area contributed by atoms with Crippen molar-refractivity contribution in [3.05, 3.63) is 65.2 Å². The van der Waals surface area contributed by atoms with Crippen LogP contribution in [0.2, 0.25) is 5.02 Å². The molecule has 0 unspecified atom stereocenters. The van der Waals surface area contributed by atoms with Gasteiger partial charge in [0.15, 0.2) is 0 Å². The monoisotopic (exact) mass is 386 g/mol. The second-order valence-electron chi connectivity index (χ2n) is 5.89. The van der Waals surface area contributed by atoms with Crippen LogP contribution in [-0.4, -0.2) is 36.9 Å². The summed E-state index contributed by atoms with van der Waals surface area (Å²) in [6.45, 7) is 2.42. The summed E-state index contributed by atoms with van der Waals surface area (Å²) in [7, 11) is 1.54. The fourth-order valence-corrected chi connectivity index (χ4v) is 2.62. The van der Waals surface area contributed by atoms with Gasteiger partial charge in [0.1, 0.15) is 12.3 Å². The van der Waals surface area contributed by atoms with Crippen molar-refractivity contribution in [2.75, 3.05) is 25.5 Å². The summed E-state index contributed by atoms with van der Waals surface area (Å²) in [4.78, 5) is 26.4. The summed E-state index contributed by atoms with van der Waals surface area (Å²) in [5.74, 6) is 0.0741. The van der Waals surface area contributed by atoms with Crippen LogP contribution in [0.3, 0.4) is 0 Å². The molecule has 6 heteroatoms. The second-order valence-corrected chi connectivity index (χ2v) is 6.33. The number of nitrogens with one attached hydrogen (secondary N) is 1. The molecule has 2 aromatic carbocycles. The molecule has 0 aliphatic heterocycles. The second kappa shape index (κ2) is 10.4. The van der Waals surface area contributed by atoms with Gasteiger partial charge in [-0.2, -0.15) is 0 Å². The van der Waals surface area contributed by atoms with Crippen molar-refractivity contribution in [3.8, 4) is 5.75 Å². The molecule has 0 radical (unpaired) electrons. The first-order valence-corrected chi connectivity index (χ1v) is 9.06. The number of hydrogen-bond acceptors (Lipinski definition) is 3. The molecule has 0 aliphatic rings. The number of para-hydroxylation sites is 2. The maximum Gasteiger partial charge on any atom is 0.247 e. The summed E-state index contributed by atoms with van der Waals surface area (Å²) in [6, 6.07) is 14.3. The lowest BCUT2D eigenvalue weighted by molar-refractivity contribution is -0.130. The smallest absolute Gasteiger partial charge is 0.247 e. The number of carbonyl (C=O) groups is 2. The van der Waals surface area contributed by atoms with Gasteiger partial charge in [-0.1, -0.05) is 42.8 Å². The van der Waals surface area contributed by atoms with Crippen molar-refractivity contribution in [3.63, 3.8) is 0 Å². The fourth-order valence-electron chi connectivity index (χ4n) is 2.49. The largest absolute Gasteiger partial charge is 0.495 e. The number of benzene rings is 2. The Bertz CT molecular complexity index is 803. The summed E-state index contributed by atoms with van der Waals surface area (Å²) >= 11 is 5.86. The van der Waals surface area contributed by atoms with Crippen LogP contribution in [0, 0.1) is 0 Å². The third kappa shape index (κ3) is 6.46. The Morgan fingerprint density at radius 3 is 2.52 bits per heavy atom.